The first-order valence-electron chi connectivity index (χ1n) is 7.35. The van der Waals surface area contributed by atoms with Gasteiger partial charge in [-0.3, -0.25) is 9.69 Å². The molecule has 0 bridgehead atoms. The van der Waals surface area contributed by atoms with Gasteiger partial charge in [0.1, 0.15) is 6.04 Å². The maximum Gasteiger partial charge on any atom is 0.323 e. The highest BCUT2D eigenvalue weighted by Gasteiger charge is 2.46. The van der Waals surface area contributed by atoms with Crippen molar-refractivity contribution < 1.29 is 9.53 Å². The number of hydrogen-bond acceptors (Lipinski definition) is 4. The van der Waals surface area contributed by atoms with Gasteiger partial charge in [-0.2, -0.15) is 0 Å². The molecular weight excluding hydrogens is 228 g/mol. The van der Waals surface area contributed by atoms with E-state index in [1.54, 1.807) is 0 Å². The minimum Gasteiger partial charge on any atom is -0.465 e. The molecule has 4 heteroatoms. The van der Waals surface area contributed by atoms with E-state index in [-0.39, 0.29) is 12.0 Å². The summed E-state index contributed by atoms with van der Waals surface area (Å²) < 4.78 is 5.23. The van der Waals surface area contributed by atoms with E-state index in [1.807, 2.05) is 6.92 Å². The molecule has 0 radical (unpaired) electrons. The van der Waals surface area contributed by atoms with Crippen LogP contribution >= 0.6 is 0 Å². The van der Waals surface area contributed by atoms with Crippen molar-refractivity contribution in [3.63, 3.8) is 0 Å². The summed E-state index contributed by atoms with van der Waals surface area (Å²) >= 11 is 0. The number of ether oxygens (including phenoxy) is 1. The Bertz CT molecular complexity index is 296. The number of nitrogens with one attached hydrogen (secondary N) is 1. The minimum atomic E-state index is -0.0412. The fourth-order valence-electron chi connectivity index (χ4n) is 3.73. The van der Waals surface area contributed by atoms with Crippen molar-refractivity contribution in [2.24, 2.45) is 11.8 Å². The van der Waals surface area contributed by atoms with Crippen LogP contribution in [-0.2, 0) is 9.53 Å². The normalized spacial score (nSPS) is 33.4. The Balaban J connectivity index is 2.08. The van der Waals surface area contributed by atoms with E-state index < -0.39 is 0 Å². The van der Waals surface area contributed by atoms with Crippen molar-refractivity contribution in [3.05, 3.63) is 0 Å². The Hall–Kier alpha value is -0.610. The molecule has 0 aromatic rings. The number of fused-ring (bicyclic) bond motifs is 1. The summed E-state index contributed by atoms with van der Waals surface area (Å²) in [5.41, 5.74) is 0. The van der Waals surface area contributed by atoms with Crippen molar-refractivity contribution in [3.8, 4) is 0 Å². The first kappa shape index (κ1) is 13.8. The molecule has 4 atom stereocenters. The molecule has 2 aliphatic heterocycles. The Kier molecular flexibility index (Phi) is 4.62. The van der Waals surface area contributed by atoms with Crippen LogP contribution in [0.5, 0.6) is 0 Å². The number of esters is 1. The zero-order chi connectivity index (χ0) is 13.1. The summed E-state index contributed by atoms with van der Waals surface area (Å²) in [5.74, 6) is 1.41. The van der Waals surface area contributed by atoms with E-state index in [9.17, 15) is 4.79 Å². The first-order chi connectivity index (χ1) is 8.72. The topological polar surface area (TPSA) is 41.6 Å². The highest BCUT2D eigenvalue weighted by Crippen LogP contribution is 2.36. The van der Waals surface area contributed by atoms with E-state index in [1.165, 1.54) is 0 Å². The van der Waals surface area contributed by atoms with Crippen LogP contribution in [-0.4, -0.2) is 49.2 Å². The fourth-order valence-corrected chi connectivity index (χ4v) is 3.73. The van der Waals surface area contributed by atoms with Crippen LogP contribution in [0.1, 0.15) is 33.6 Å². The van der Waals surface area contributed by atoms with Crippen LogP contribution in [0.2, 0.25) is 0 Å². The lowest BCUT2D eigenvalue weighted by molar-refractivity contribution is -0.150. The average molecular weight is 254 g/mol. The molecule has 0 aromatic heterocycles. The highest BCUT2D eigenvalue weighted by molar-refractivity contribution is 5.75. The van der Waals surface area contributed by atoms with E-state index in [2.05, 4.69) is 24.1 Å². The number of carbonyl (C=O) groups excluding carboxylic acids is 1. The zero-order valence-electron chi connectivity index (χ0n) is 11.8. The Morgan fingerprint density at radius 3 is 2.78 bits per heavy atom. The van der Waals surface area contributed by atoms with Crippen molar-refractivity contribution in [1.29, 1.82) is 0 Å². The molecule has 0 spiro atoms. The summed E-state index contributed by atoms with van der Waals surface area (Å²) in [6.07, 6.45) is 1.97. The van der Waals surface area contributed by atoms with E-state index >= 15 is 0 Å². The van der Waals surface area contributed by atoms with Crippen LogP contribution in [0.25, 0.3) is 0 Å². The molecule has 0 amide bonds. The Labute approximate surface area is 110 Å². The summed E-state index contributed by atoms with van der Waals surface area (Å²) in [6.45, 7) is 9.94. The van der Waals surface area contributed by atoms with Crippen LogP contribution < -0.4 is 5.32 Å². The van der Waals surface area contributed by atoms with E-state index in [0.717, 1.165) is 44.3 Å². The first-order valence-corrected chi connectivity index (χ1v) is 7.35. The van der Waals surface area contributed by atoms with Gasteiger partial charge in [-0.1, -0.05) is 13.8 Å². The molecule has 0 aliphatic carbocycles. The van der Waals surface area contributed by atoms with Crippen molar-refractivity contribution >= 4 is 5.97 Å². The molecule has 2 saturated heterocycles. The minimum absolute atomic E-state index is 0.0358. The largest absolute Gasteiger partial charge is 0.465 e. The van der Waals surface area contributed by atoms with E-state index in [0.29, 0.717) is 12.6 Å². The molecule has 1 N–H and O–H groups in total. The Morgan fingerprint density at radius 1 is 1.39 bits per heavy atom. The van der Waals surface area contributed by atoms with Crippen molar-refractivity contribution in [1.82, 2.24) is 10.2 Å². The zero-order valence-corrected chi connectivity index (χ0v) is 11.8. The monoisotopic (exact) mass is 254 g/mol. The molecule has 4 nitrogen and oxygen atoms in total. The summed E-state index contributed by atoms with van der Waals surface area (Å²) in [6, 6.07) is 0.500. The van der Waals surface area contributed by atoms with E-state index in [4.69, 9.17) is 4.74 Å². The van der Waals surface area contributed by atoms with Gasteiger partial charge in [0.2, 0.25) is 0 Å². The maximum absolute atomic E-state index is 12.1. The lowest BCUT2D eigenvalue weighted by atomic mass is 9.92. The number of carbonyl (C=O) groups is 1. The highest BCUT2D eigenvalue weighted by atomic mass is 16.5. The molecule has 2 fully saturated rings. The fraction of sp³-hybridized carbons (Fsp3) is 0.929. The van der Waals surface area contributed by atoms with Gasteiger partial charge in [-0.25, -0.2) is 0 Å². The van der Waals surface area contributed by atoms with Gasteiger partial charge >= 0.3 is 5.97 Å². The summed E-state index contributed by atoms with van der Waals surface area (Å²) in [4.78, 5) is 14.5. The van der Waals surface area contributed by atoms with Gasteiger partial charge in [0.15, 0.2) is 0 Å². The number of nitrogens with zero attached hydrogens (tertiary/aromatic N) is 1. The van der Waals surface area contributed by atoms with Gasteiger partial charge in [0.25, 0.3) is 0 Å². The Morgan fingerprint density at radius 2 is 2.17 bits per heavy atom. The smallest absolute Gasteiger partial charge is 0.323 e. The van der Waals surface area contributed by atoms with Gasteiger partial charge < -0.3 is 10.1 Å². The second kappa shape index (κ2) is 6.02. The molecule has 2 heterocycles. The molecule has 2 rings (SSSR count). The van der Waals surface area contributed by atoms with Gasteiger partial charge in [0.05, 0.1) is 6.61 Å². The molecule has 104 valence electrons. The molecule has 4 unspecified atom stereocenters. The van der Waals surface area contributed by atoms with Crippen molar-refractivity contribution in [2.45, 2.75) is 45.7 Å². The lowest BCUT2D eigenvalue weighted by Crippen LogP contribution is -2.46. The second-order valence-electron chi connectivity index (χ2n) is 5.43. The standard InChI is InChI=1S/C14H26N2O2/c1-4-12-11-8-15-7-10(11)9-16(12)13(5-2)14(17)18-6-3/h10-13,15H,4-9H2,1-3H3. The third-order valence-electron chi connectivity index (χ3n) is 4.52. The lowest BCUT2D eigenvalue weighted by Gasteiger charge is -2.32. The second-order valence-corrected chi connectivity index (χ2v) is 5.43. The van der Waals surface area contributed by atoms with Gasteiger partial charge in [-0.15, -0.1) is 0 Å². The number of rotatable bonds is 5. The molecule has 2 aliphatic rings. The molecule has 18 heavy (non-hydrogen) atoms. The molecular formula is C14H26N2O2. The third-order valence-corrected chi connectivity index (χ3v) is 4.52. The summed E-state index contributed by atoms with van der Waals surface area (Å²) in [5, 5.41) is 3.48. The quantitative estimate of drug-likeness (QED) is 0.750. The molecule has 0 saturated carbocycles. The number of hydrogen-bond donors (Lipinski definition) is 1. The van der Waals surface area contributed by atoms with Gasteiger partial charge in [0, 0.05) is 12.6 Å². The van der Waals surface area contributed by atoms with Crippen LogP contribution in [0, 0.1) is 11.8 Å². The van der Waals surface area contributed by atoms with Crippen LogP contribution in [0.15, 0.2) is 0 Å². The predicted octanol–water partition coefficient (Wildman–Crippen LogP) is 1.26. The maximum atomic E-state index is 12.1. The third kappa shape index (κ3) is 2.41. The van der Waals surface area contributed by atoms with Gasteiger partial charge in [-0.05, 0) is 44.7 Å². The van der Waals surface area contributed by atoms with Crippen LogP contribution in [0.3, 0.4) is 0 Å². The predicted molar refractivity (Wildman–Crippen MR) is 71.3 cm³/mol. The number of likely N-dealkylation sites (tertiary alicyclic amines) is 1. The average Bonchev–Trinajstić information content (AvgIpc) is 2.90. The van der Waals surface area contributed by atoms with Crippen molar-refractivity contribution in [2.75, 3.05) is 26.2 Å². The summed E-state index contributed by atoms with van der Waals surface area (Å²) in [7, 11) is 0. The molecule has 0 aromatic carbocycles. The van der Waals surface area contributed by atoms with Crippen LogP contribution in [0.4, 0.5) is 0 Å². The SMILES string of the molecule is CCOC(=O)C(CC)N1CC2CNCC2C1CC.